The highest BCUT2D eigenvalue weighted by Crippen LogP contribution is 2.11. The molecule has 0 fully saturated rings. The van der Waals surface area contributed by atoms with Crippen LogP contribution in [0.3, 0.4) is 0 Å². The molecule has 4 nitrogen and oxygen atoms in total. The highest BCUT2D eigenvalue weighted by Gasteiger charge is 2.06. The first-order valence-electron chi connectivity index (χ1n) is 4.66. The molecular formula is C9H14ClN3O. The number of carbonyl (C=O) groups is 1. The molecule has 0 aliphatic carbocycles. The summed E-state index contributed by atoms with van der Waals surface area (Å²) in [5.74, 6) is 1.19. The van der Waals surface area contributed by atoms with Gasteiger partial charge in [-0.15, -0.1) is 11.6 Å². The van der Waals surface area contributed by atoms with Crippen molar-refractivity contribution in [3.63, 3.8) is 0 Å². The van der Waals surface area contributed by atoms with Crippen molar-refractivity contribution in [3.8, 4) is 0 Å². The second-order valence-electron chi connectivity index (χ2n) is 2.96. The Labute approximate surface area is 88.0 Å². The summed E-state index contributed by atoms with van der Waals surface area (Å²) in [7, 11) is 0. The molecule has 2 N–H and O–H groups in total. The van der Waals surface area contributed by atoms with E-state index in [0.717, 1.165) is 12.0 Å². The molecule has 0 aliphatic heterocycles. The van der Waals surface area contributed by atoms with Crippen LogP contribution in [0.1, 0.15) is 25.3 Å². The van der Waals surface area contributed by atoms with Crippen LogP contribution in [0.2, 0.25) is 0 Å². The fourth-order valence-corrected chi connectivity index (χ4v) is 1.25. The van der Waals surface area contributed by atoms with Crippen molar-refractivity contribution in [3.05, 3.63) is 11.8 Å². The van der Waals surface area contributed by atoms with Crippen LogP contribution in [0.5, 0.6) is 0 Å². The number of H-pyrrole nitrogens is 1. The van der Waals surface area contributed by atoms with E-state index in [9.17, 15) is 4.79 Å². The van der Waals surface area contributed by atoms with Gasteiger partial charge in [-0.2, -0.15) is 5.10 Å². The first-order chi connectivity index (χ1) is 6.77. The molecule has 0 saturated carbocycles. The summed E-state index contributed by atoms with van der Waals surface area (Å²) in [4.78, 5) is 11.3. The Morgan fingerprint density at radius 1 is 1.71 bits per heavy atom. The highest BCUT2D eigenvalue weighted by molar-refractivity contribution is 6.18. The minimum atomic E-state index is -0.0235. The molecule has 0 unspecified atom stereocenters. The number of nitrogens with zero attached hydrogens (tertiary/aromatic N) is 1. The van der Waals surface area contributed by atoms with E-state index in [0.29, 0.717) is 24.5 Å². The molecule has 0 saturated heterocycles. The van der Waals surface area contributed by atoms with Crippen molar-refractivity contribution in [1.29, 1.82) is 0 Å². The maximum atomic E-state index is 11.3. The molecule has 1 aromatic heterocycles. The van der Waals surface area contributed by atoms with Crippen molar-refractivity contribution in [2.24, 2.45) is 0 Å². The lowest BCUT2D eigenvalue weighted by molar-refractivity contribution is -0.116. The molecule has 78 valence electrons. The Morgan fingerprint density at radius 3 is 3.14 bits per heavy atom. The van der Waals surface area contributed by atoms with Crippen molar-refractivity contribution >= 4 is 23.3 Å². The smallest absolute Gasteiger partial charge is 0.225 e. The third-order valence-corrected chi connectivity index (χ3v) is 2.17. The lowest BCUT2D eigenvalue weighted by atomic mass is 10.2. The number of alkyl halides is 1. The third kappa shape index (κ3) is 3.03. The molecule has 0 spiro atoms. The standard InChI is InChI=1S/C9H14ClN3O/c1-2-7-6-11-13-9(7)12-8(14)4-3-5-10/h6H,2-5H2,1H3,(H2,11,12,13,14). The molecule has 1 amide bonds. The predicted molar refractivity (Wildman–Crippen MR) is 56.5 cm³/mol. The van der Waals surface area contributed by atoms with E-state index in [1.807, 2.05) is 6.92 Å². The molecule has 5 heteroatoms. The Balaban J connectivity index is 2.47. The molecule has 1 aromatic rings. The zero-order valence-electron chi connectivity index (χ0n) is 8.14. The second kappa shape index (κ2) is 5.65. The van der Waals surface area contributed by atoms with Crippen LogP contribution < -0.4 is 5.32 Å². The molecule has 14 heavy (non-hydrogen) atoms. The number of aromatic nitrogens is 2. The Hall–Kier alpha value is -1.03. The molecule has 0 atom stereocenters. The fourth-order valence-electron chi connectivity index (χ4n) is 1.12. The number of rotatable bonds is 5. The number of hydrogen-bond acceptors (Lipinski definition) is 2. The van der Waals surface area contributed by atoms with Crippen LogP contribution in [0, 0.1) is 0 Å². The molecule has 0 aromatic carbocycles. The summed E-state index contributed by atoms with van der Waals surface area (Å²) in [6.45, 7) is 2.01. The number of nitrogens with one attached hydrogen (secondary N) is 2. The average molecular weight is 216 g/mol. The van der Waals surface area contributed by atoms with Gasteiger partial charge in [0.2, 0.25) is 5.91 Å². The number of aryl methyl sites for hydroxylation is 1. The van der Waals surface area contributed by atoms with Gasteiger partial charge in [-0.05, 0) is 12.8 Å². The number of carbonyl (C=O) groups excluding carboxylic acids is 1. The lowest BCUT2D eigenvalue weighted by Crippen LogP contribution is -2.12. The van der Waals surface area contributed by atoms with Crippen LogP contribution >= 0.6 is 11.6 Å². The third-order valence-electron chi connectivity index (χ3n) is 1.90. The van der Waals surface area contributed by atoms with Gasteiger partial charge in [-0.1, -0.05) is 6.92 Å². The Morgan fingerprint density at radius 2 is 2.50 bits per heavy atom. The minimum Gasteiger partial charge on any atom is -0.311 e. The quantitative estimate of drug-likeness (QED) is 0.738. The Kier molecular flexibility index (Phi) is 4.46. The lowest BCUT2D eigenvalue weighted by Gasteiger charge is -2.03. The van der Waals surface area contributed by atoms with Gasteiger partial charge >= 0.3 is 0 Å². The maximum Gasteiger partial charge on any atom is 0.225 e. The maximum absolute atomic E-state index is 11.3. The topological polar surface area (TPSA) is 57.8 Å². The minimum absolute atomic E-state index is 0.0235. The summed E-state index contributed by atoms with van der Waals surface area (Å²) in [6, 6.07) is 0. The van der Waals surface area contributed by atoms with Crippen molar-refractivity contribution in [2.45, 2.75) is 26.2 Å². The van der Waals surface area contributed by atoms with E-state index >= 15 is 0 Å². The van der Waals surface area contributed by atoms with Gasteiger partial charge in [0.15, 0.2) is 0 Å². The summed E-state index contributed by atoms with van der Waals surface area (Å²) in [5.41, 5.74) is 1.02. The molecule has 1 heterocycles. The van der Waals surface area contributed by atoms with E-state index < -0.39 is 0 Å². The van der Waals surface area contributed by atoms with E-state index in [1.54, 1.807) is 6.20 Å². The van der Waals surface area contributed by atoms with Crippen molar-refractivity contribution in [1.82, 2.24) is 10.2 Å². The summed E-state index contributed by atoms with van der Waals surface area (Å²) < 4.78 is 0. The van der Waals surface area contributed by atoms with Crippen LogP contribution in [-0.2, 0) is 11.2 Å². The average Bonchev–Trinajstić information content (AvgIpc) is 2.62. The SMILES string of the molecule is CCc1cn[nH]c1NC(=O)CCCCl. The van der Waals surface area contributed by atoms with E-state index in [2.05, 4.69) is 15.5 Å². The van der Waals surface area contributed by atoms with E-state index in [1.165, 1.54) is 0 Å². The zero-order chi connectivity index (χ0) is 10.4. The molecule has 0 radical (unpaired) electrons. The monoisotopic (exact) mass is 215 g/mol. The molecule has 1 rings (SSSR count). The predicted octanol–water partition coefficient (Wildman–Crippen LogP) is 1.93. The van der Waals surface area contributed by atoms with Gasteiger partial charge in [0, 0.05) is 17.9 Å². The van der Waals surface area contributed by atoms with Gasteiger partial charge in [0.05, 0.1) is 6.20 Å². The van der Waals surface area contributed by atoms with Crippen LogP contribution in [-0.4, -0.2) is 22.0 Å². The molecular weight excluding hydrogens is 202 g/mol. The normalized spacial score (nSPS) is 10.1. The highest BCUT2D eigenvalue weighted by atomic mass is 35.5. The van der Waals surface area contributed by atoms with Crippen molar-refractivity contribution < 1.29 is 4.79 Å². The van der Waals surface area contributed by atoms with Crippen molar-refractivity contribution in [2.75, 3.05) is 11.2 Å². The molecule has 0 aliphatic rings. The fraction of sp³-hybridized carbons (Fsp3) is 0.556. The van der Waals surface area contributed by atoms with Crippen LogP contribution in [0.15, 0.2) is 6.20 Å². The van der Waals surface area contributed by atoms with Crippen LogP contribution in [0.4, 0.5) is 5.82 Å². The van der Waals surface area contributed by atoms with Gasteiger partial charge in [-0.3, -0.25) is 9.89 Å². The second-order valence-corrected chi connectivity index (χ2v) is 3.34. The summed E-state index contributed by atoms with van der Waals surface area (Å²) in [6.07, 6.45) is 3.72. The first kappa shape index (κ1) is 11.0. The van der Waals surface area contributed by atoms with Gasteiger partial charge in [0.1, 0.15) is 5.82 Å². The summed E-state index contributed by atoms with van der Waals surface area (Å²) in [5, 5.41) is 9.37. The largest absolute Gasteiger partial charge is 0.311 e. The molecule has 0 bridgehead atoms. The van der Waals surface area contributed by atoms with E-state index in [-0.39, 0.29) is 5.91 Å². The first-order valence-corrected chi connectivity index (χ1v) is 5.19. The number of halogens is 1. The van der Waals surface area contributed by atoms with Gasteiger partial charge < -0.3 is 5.32 Å². The summed E-state index contributed by atoms with van der Waals surface area (Å²) >= 11 is 5.49. The number of amides is 1. The van der Waals surface area contributed by atoms with Crippen LogP contribution in [0.25, 0.3) is 0 Å². The van der Waals surface area contributed by atoms with Gasteiger partial charge in [0.25, 0.3) is 0 Å². The Bertz CT molecular complexity index is 298. The zero-order valence-corrected chi connectivity index (χ0v) is 8.90. The number of aromatic amines is 1. The number of anilines is 1. The van der Waals surface area contributed by atoms with E-state index in [4.69, 9.17) is 11.6 Å². The number of hydrogen-bond donors (Lipinski definition) is 2. The van der Waals surface area contributed by atoms with Gasteiger partial charge in [-0.25, -0.2) is 0 Å².